The van der Waals surface area contributed by atoms with Gasteiger partial charge in [0.15, 0.2) is 5.16 Å². The first-order chi connectivity index (χ1) is 14.5. The topological polar surface area (TPSA) is 86.1 Å². The summed E-state index contributed by atoms with van der Waals surface area (Å²) in [6.07, 6.45) is 6.12. The van der Waals surface area contributed by atoms with E-state index in [9.17, 15) is 9.59 Å². The number of rotatable bonds is 8. The lowest BCUT2D eigenvalue weighted by molar-refractivity contribution is -0.113. The van der Waals surface area contributed by atoms with Crippen molar-refractivity contribution in [1.29, 1.82) is 0 Å². The van der Waals surface area contributed by atoms with E-state index in [2.05, 4.69) is 27.0 Å². The van der Waals surface area contributed by atoms with Gasteiger partial charge in [-0.05, 0) is 46.1 Å². The molecule has 0 bridgehead atoms. The minimum atomic E-state index is -0.398. The fraction of sp³-hybridized carbons (Fsp3) is 0.619. The van der Waals surface area contributed by atoms with Crippen molar-refractivity contribution in [2.45, 2.75) is 77.4 Å². The Kier molecular flexibility index (Phi) is 7.93. The van der Waals surface area contributed by atoms with Crippen molar-refractivity contribution in [3.05, 3.63) is 21.8 Å². The molecule has 9 heteroatoms. The van der Waals surface area contributed by atoms with Crippen molar-refractivity contribution in [2.24, 2.45) is 0 Å². The summed E-state index contributed by atoms with van der Waals surface area (Å²) >= 11 is 2.79. The minimum absolute atomic E-state index is 0.170. The third kappa shape index (κ3) is 5.06. The molecule has 0 saturated heterocycles. The minimum Gasteiger partial charge on any atom is -0.462 e. The van der Waals surface area contributed by atoms with Crippen molar-refractivity contribution >= 4 is 40.0 Å². The molecule has 2 aromatic rings. The first kappa shape index (κ1) is 22.8. The molecule has 0 unspecified atom stereocenters. The zero-order valence-electron chi connectivity index (χ0n) is 18.1. The van der Waals surface area contributed by atoms with E-state index < -0.39 is 5.97 Å². The van der Waals surface area contributed by atoms with Gasteiger partial charge in [0.25, 0.3) is 0 Å². The van der Waals surface area contributed by atoms with Gasteiger partial charge in [-0.3, -0.25) is 4.79 Å². The molecule has 1 aliphatic rings. The van der Waals surface area contributed by atoms with Crippen LogP contribution in [0.25, 0.3) is 0 Å². The number of esters is 1. The molecule has 1 amide bonds. The molecule has 2 aromatic heterocycles. The van der Waals surface area contributed by atoms with Crippen molar-refractivity contribution < 1.29 is 14.3 Å². The molecular weight excluding hydrogens is 420 g/mol. The summed E-state index contributed by atoms with van der Waals surface area (Å²) < 4.78 is 7.29. The number of ether oxygens (including phenoxy) is 1. The molecule has 1 fully saturated rings. The number of nitrogens with one attached hydrogen (secondary N) is 1. The summed E-state index contributed by atoms with van der Waals surface area (Å²) in [5.41, 5.74) is 1.30. The Morgan fingerprint density at radius 1 is 1.20 bits per heavy atom. The number of hydrogen-bond acceptors (Lipinski definition) is 7. The Bertz CT molecular complexity index is 900. The Balaban J connectivity index is 1.66. The van der Waals surface area contributed by atoms with Crippen LogP contribution in [0.5, 0.6) is 0 Å². The van der Waals surface area contributed by atoms with Crippen LogP contribution in [0.4, 0.5) is 5.00 Å². The molecule has 7 nitrogen and oxygen atoms in total. The zero-order valence-corrected chi connectivity index (χ0v) is 19.8. The van der Waals surface area contributed by atoms with Gasteiger partial charge in [0.1, 0.15) is 10.8 Å². The SMILES string of the molecule is CCOC(=O)c1c(NC(=O)CSc2nnc(C3CCCCC3)n2CC)sc(C)c1C. The predicted octanol–water partition coefficient (Wildman–Crippen LogP) is 4.93. The van der Waals surface area contributed by atoms with Crippen LogP contribution in [0.15, 0.2) is 5.16 Å². The van der Waals surface area contributed by atoms with Crippen LogP contribution in [0.1, 0.15) is 78.5 Å². The van der Waals surface area contributed by atoms with E-state index in [0.29, 0.717) is 23.1 Å². The number of carbonyl (C=O) groups is 2. The fourth-order valence-corrected chi connectivity index (χ4v) is 5.70. The van der Waals surface area contributed by atoms with Crippen LogP contribution in [-0.4, -0.2) is 39.0 Å². The largest absolute Gasteiger partial charge is 0.462 e. The highest BCUT2D eigenvalue weighted by molar-refractivity contribution is 7.99. The number of thiophene rings is 1. The van der Waals surface area contributed by atoms with Gasteiger partial charge < -0.3 is 14.6 Å². The van der Waals surface area contributed by atoms with E-state index in [1.165, 1.54) is 42.4 Å². The van der Waals surface area contributed by atoms with E-state index in [1.54, 1.807) is 6.92 Å². The van der Waals surface area contributed by atoms with E-state index in [-0.39, 0.29) is 11.7 Å². The lowest BCUT2D eigenvalue weighted by Crippen LogP contribution is -2.17. The maximum absolute atomic E-state index is 12.6. The van der Waals surface area contributed by atoms with Gasteiger partial charge in [0.2, 0.25) is 5.91 Å². The van der Waals surface area contributed by atoms with Crippen molar-refractivity contribution in [2.75, 3.05) is 17.7 Å². The fourth-order valence-electron chi connectivity index (χ4n) is 3.82. The highest BCUT2D eigenvalue weighted by Gasteiger charge is 2.24. The number of nitrogens with zero attached hydrogens (tertiary/aromatic N) is 3. The highest BCUT2D eigenvalue weighted by atomic mass is 32.2. The lowest BCUT2D eigenvalue weighted by Gasteiger charge is -2.21. The number of aryl methyl sites for hydroxylation is 1. The lowest BCUT2D eigenvalue weighted by atomic mass is 9.89. The molecule has 0 radical (unpaired) electrons. The van der Waals surface area contributed by atoms with E-state index in [0.717, 1.165) is 40.8 Å². The molecule has 0 aliphatic heterocycles. The van der Waals surface area contributed by atoms with Crippen LogP contribution >= 0.6 is 23.1 Å². The first-order valence-corrected chi connectivity index (χ1v) is 12.4. The summed E-state index contributed by atoms with van der Waals surface area (Å²) in [6.45, 7) is 8.75. The molecule has 0 atom stereocenters. The predicted molar refractivity (Wildman–Crippen MR) is 121 cm³/mol. The van der Waals surface area contributed by atoms with Crippen LogP contribution in [0.2, 0.25) is 0 Å². The smallest absolute Gasteiger partial charge is 0.341 e. The summed E-state index contributed by atoms with van der Waals surface area (Å²) in [7, 11) is 0. The van der Waals surface area contributed by atoms with E-state index in [1.807, 2.05) is 13.8 Å². The molecule has 1 N–H and O–H groups in total. The average molecular weight is 451 g/mol. The van der Waals surface area contributed by atoms with Gasteiger partial charge in [-0.15, -0.1) is 21.5 Å². The van der Waals surface area contributed by atoms with Crippen LogP contribution in [0.3, 0.4) is 0 Å². The Morgan fingerprint density at radius 3 is 2.60 bits per heavy atom. The zero-order chi connectivity index (χ0) is 21.7. The van der Waals surface area contributed by atoms with Crippen molar-refractivity contribution in [3.63, 3.8) is 0 Å². The number of thioether (sulfide) groups is 1. The summed E-state index contributed by atoms with van der Waals surface area (Å²) in [5, 5.41) is 13.0. The second kappa shape index (κ2) is 10.4. The number of aromatic nitrogens is 3. The van der Waals surface area contributed by atoms with E-state index in [4.69, 9.17) is 4.74 Å². The second-order valence-electron chi connectivity index (χ2n) is 7.46. The summed E-state index contributed by atoms with van der Waals surface area (Å²) in [6, 6.07) is 0. The molecule has 3 rings (SSSR count). The van der Waals surface area contributed by atoms with Crippen LogP contribution in [-0.2, 0) is 16.1 Å². The van der Waals surface area contributed by atoms with Crippen molar-refractivity contribution in [3.8, 4) is 0 Å². The molecule has 0 spiro atoms. The van der Waals surface area contributed by atoms with Crippen LogP contribution in [0, 0.1) is 13.8 Å². The Morgan fingerprint density at radius 2 is 1.93 bits per heavy atom. The van der Waals surface area contributed by atoms with Gasteiger partial charge in [-0.25, -0.2) is 4.79 Å². The van der Waals surface area contributed by atoms with Crippen LogP contribution < -0.4 is 5.32 Å². The van der Waals surface area contributed by atoms with E-state index >= 15 is 0 Å². The molecule has 1 saturated carbocycles. The summed E-state index contributed by atoms with van der Waals surface area (Å²) in [4.78, 5) is 25.9. The monoisotopic (exact) mass is 450 g/mol. The quantitative estimate of drug-likeness (QED) is 0.453. The van der Waals surface area contributed by atoms with Gasteiger partial charge >= 0.3 is 5.97 Å². The Hall–Kier alpha value is -1.87. The highest BCUT2D eigenvalue weighted by Crippen LogP contribution is 2.34. The number of anilines is 1. The average Bonchev–Trinajstić information content (AvgIpc) is 3.27. The number of amides is 1. The van der Waals surface area contributed by atoms with Gasteiger partial charge in [-0.1, -0.05) is 31.0 Å². The first-order valence-electron chi connectivity index (χ1n) is 10.6. The Labute approximate surface area is 186 Å². The molecular formula is C21H30N4O3S2. The number of carbonyl (C=O) groups excluding carboxylic acids is 2. The standard InChI is InChI=1S/C21H30N4O3S2/c1-5-25-18(15-10-8-7-9-11-15)23-24-21(25)29-12-16(26)22-19-17(20(27)28-6-2)13(3)14(4)30-19/h15H,5-12H2,1-4H3,(H,22,26). The molecule has 30 heavy (non-hydrogen) atoms. The van der Waals surface area contributed by atoms with Crippen molar-refractivity contribution in [1.82, 2.24) is 14.8 Å². The molecule has 164 valence electrons. The summed E-state index contributed by atoms with van der Waals surface area (Å²) in [5.74, 6) is 1.16. The second-order valence-corrected chi connectivity index (χ2v) is 9.63. The van der Waals surface area contributed by atoms with Gasteiger partial charge in [0.05, 0.1) is 17.9 Å². The normalized spacial score (nSPS) is 14.7. The maximum atomic E-state index is 12.6. The molecule has 1 aliphatic carbocycles. The molecule has 2 heterocycles. The molecule has 0 aromatic carbocycles. The van der Waals surface area contributed by atoms with Gasteiger partial charge in [0, 0.05) is 17.3 Å². The maximum Gasteiger partial charge on any atom is 0.341 e. The van der Waals surface area contributed by atoms with Gasteiger partial charge in [-0.2, -0.15) is 0 Å². The third-order valence-electron chi connectivity index (χ3n) is 5.48. The third-order valence-corrected chi connectivity index (χ3v) is 7.57. The number of hydrogen-bond donors (Lipinski definition) is 1.